The van der Waals surface area contributed by atoms with Crippen LogP contribution in [0.1, 0.15) is 38.2 Å². The van der Waals surface area contributed by atoms with Crippen LogP contribution in [0.25, 0.3) is 22.9 Å². The summed E-state index contributed by atoms with van der Waals surface area (Å²) in [6.45, 7) is 2.90. The molecule has 1 aromatic carbocycles. The zero-order valence-electron chi connectivity index (χ0n) is 16.9. The predicted octanol–water partition coefficient (Wildman–Crippen LogP) is 4.71. The summed E-state index contributed by atoms with van der Waals surface area (Å²) >= 11 is 0. The second-order valence-electron chi connectivity index (χ2n) is 7.52. The van der Waals surface area contributed by atoms with Gasteiger partial charge in [-0.15, -0.1) is 0 Å². The van der Waals surface area contributed by atoms with Crippen LogP contribution in [0.5, 0.6) is 0 Å². The number of fused-ring (bicyclic) bond motifs is 1. The maximum Gasteiger partial charge on any atom is 0.270 e. The number of pyridine rings is 1. The van der Waals surface area contributed by atoms with Crippen molar-refractivity contribution in [1.29, 1.82) is 0 Å². The van der Waals surface area contributed by atoms with Gasteiger partial charge in [0.2, 0.25) is 5.91 Å². The van der Waals surface area contributed by atoms with E-state index in [1.54, 1.807) is 28.8 Å². The topological polar surface area (TPSA) is 80.8 Å². The number of benzene rings is 1. The molecule has 30 heavy (non-hydrogen) atoms. The Kier molecular flexibility index (Phi) is 5.61. The molecule has 1 amide bonds. The van der Waals surface area contributed by atoms with Crippen molar-refractivity contribution in [2.75, 3.05) is 6.54 Å². The summed E-state index contributed by atoms with van der Waals surface area (Å²) in [5, 5.41) is 15.8. The molecule has 7 nitrogen and oxygen atoms in total. The number of aromatic nitrogens is 2. The third-order valence-corrected chi connectivity index (χ3v) is 5.68. The first-order valence-electron chi connectivity index (χ1n) is 10.3. The van der Waals surface area contributed by atoms with E-state index in [-0.39, 0.29) is 17.6 Å². The summed E-state index contributed by atoms with van der Waals surface area (Å²) in [5.74, 6) is 0.00169. The molecule has 3 aromatic rings. The highest BCUT2D eigenvalue weighted by Crippen LogP contribution is 2.30. The summed E-state index contributed by atoms with van der Waals surface area (Å²) in [6.07, 6.45) is 9.43. The van der Waals surface area contributed by atoms with Crippen LogP contribution in [0, 0.1) is 10.1 Å². The smallest absolute Gasteiger partial charge is 0.270 e. The zero-order valence-corrected chi connectivity index (χ0v) is 16.9. The van der Waals surface area contributed by atoms with Gasteiger partial charge in [0.15, 0.2) is 0 Å². The molecule has 4 rings (SSSR count). The molecule has 3 heterocycles. The fraction of sp³-hybridized carbons (Fsp3) is 0.304. The lowest BCUT2D eigenvalue weighted by Gasteiger charge is -2.34. The molecule has 1 aliphatic heterocycles. The molecule has 1 unspecified atom stereocenters. The second kappa shape index (κ2) is 8.49. The lowest BCUT2D eigenvalue weighted by atomic mass is 9.99. The summed E-state index contributed by atoms with van der Waals surface area (Å²) in [7, 11) is 0. The molecule has 2 aromatic heterocycles. The lowest BCUT2D eigenvalue weighted by molar-refractivity contribution is -0.384. The van der Waals surface area contributed by atoms with E-state index in [4.69, 9.17) is 0 Å². The minimum absolute atomic E-state index is 0.00169. The summed E-state index contributed by atoms with van der Waals surface area (Å²) in [6, 6.07) is 12.4. The Balaban J connectivity index is 1.74. The highest BCUT2D eigenvalue weighted by molar-refractivity contribution is 5.95. The molecule has 1 aliphatic rings. The van der Waals surface area contributed by atoms with Crippen LogP contribution in [0.3, 0.4) is 0 Å². The number of non-ortho nitro benzene ring substituents is 1. The number of hydrogen-bond acceptors (Lipinski definition) is 4. The standard InChI is InChI=1S/C23H24N4O3/c1-2-18-9-3-5-14-25(18)22(28)13-12-20-21-11-4-6-15-26(21)24-23(20)17-8-7-10-19(16-17)27(29)30/h4,6-8,10-13,15-16,18H,2-3,5,9,14H2,1H3. The number of rotatable bonds is 5. The highest BCUT2D eigenvalue weighted by atomic mass is 16.6. The number of likely N-dealkylation sites (tertiary alicyclic amines) is 1. The molecular formula is C23H24N4O3. The molecule has 0 saturated carbocycles. The Morgan fingerprint density at radius 1 is 1.27 bits per heavy atom. The first-order chi connectivity index (χ1) is 14.6. The Hall–Kier alpha value is -3.48. The van der Waals surface area contributed by atoms with Gasteiger partial charge < -0.3 is 4.90 Å². The van der Waals surface area contributed by atoms with Gasteiger partial charge in [0.25, 0.3) is 5.69 Å². The van der Waals surface area contributed by atoms with Gasteiger partial charge in [-0.2, -0.15) is 5.10 Å². The number of hydrogen-bond donors (Lipinski definition) is 0. The molecular weight excluding hydrogens is 380 g/mol. The van der Waals surface area contributed by atoms with Crippen LogP contribution in [0.2, 0.25) is 0 Å². The predicted molar refractivity (Wildman–Crippen MR) is 116 cm³/mol. The molecule has 7 heteroatoms. The van der Waals surface area contributed by atoms with Gasteiger partial charge >= 0.3 is 0 Å². The molecule has 0 aliphatic carbocycles. The zero-order chi connectivity index (χ0) is 21.1. The van der Waals surface area contributed by atoms with E-state index in [9.17, 15) is 14.9 Å². The van der Waals surface area contributed by atoms with Gasteiger partial charge in [-0.25, -0.2) is 4.52 Å². The molecule has 0 N–H and O–H groups in total. The van der Waals surface area contributed by atoms with Crippen LogP contribution in [-0.2, 0) is 4.79 Å². The van der Waals surface area contributed by atoms with Crippen molar-refractivity contribution in [2.24, 2.45) is 0 Å². The van der Waals surface area contributed by atoms with Gasteiger partial charge in [-0.05, 0) is 43.9 Å². The van der Waals surface area contributed by atoms with Crippen molar-refractivity contribution in [2.45, 2.75) is 38.6 Å². The summed E-state index contributed by atoms with van der Waals surface area (Å²) in [5.41, 5.74) is 2.88. The lowest BCUT2D eigenvalue weighted by Crippen LogP contribution is -2.42. The van der Waals surface area contributed by atoms with E-state index in [1.807, 2.05) is 29.3 Å². The Morgan fingerprint density at radius 3 is 2.93 bits per heavy atom. The number of carbonyl (C=O) groups excluding carboxylic acids is 1. The Morgan fingerprint density at radius 2 is 2.13 bits per heavy atom. The van der Waals surface area contributed by atoms with Crippen LogP contribution < -0.4 is 0 Å². The monoisotopic (exact) mass is 404 g/mol. The van der Waals surface area contributed by atoms with Crippen molar-refractivity contribution >= 4 is 23.2 Å². The molecule has 0 bridgehead atoms. The second-order valence-corrected chi connectivity index (χ2v) is 7.52. The number of amides is 1. The van der Waals surface area contributed by atoms with Crippen molar-refractivity contribution in [3.05, 3.63) is 70.4 Å². The molecule has 0 radical (unpaired) electrons. The minimum Gasteiger partial charge on any atom is -0.336 e. The van der Waals surface area contributed by atoms with Crippen molar-refractivity contribution < 1.29 is 9.72 Å². The molecule has 1 fully saturated rings. The van der Waals surface area contributed by atoms with Gasteiger partial charge in [0.05, 0.1) is 10.4 Å². The van der Waals surface area contributed by atoms with Crippen LogP contribution in [0.4, 0.5) is 5.69 Å². The van der Waals surface area contributed by atoms with Gasteiger partial charge in [0.1, 0.15) is 5.69 Å². The number of piperidine rings is 1. The average molecular weight is 404 g/mol. The maximum absolute atomic E-state index is 12.9. The van der Waals surface area contributed by atoms with Crippen LogP contribution >= 0.6 is 0 Å². The first-order valence-corrected chi connectivity index (χ1v) is 10.3. The molecule has 0 spiro atoms. The quantitative estimate of drug-likeness (QED) is 0.350. The number of nitro benzene ring substituents is 1. The largest absolute Gasteiger partial charge is 0.336 e. The van der Waals surface area contributed by atoms with Gasteiger partial charge in [0, 0.05) is 48.1 Å². The fourth-order valence-corrected chi connectivity index (χ4v) is 4.13. The molecule has 154 valence electrons. The Labute approximate surface area is 174 Å². The van der Waals surface area contributed by atoms with E-state index in [2.05, 4.69) is 12.0 Å². The highest BCUT2D eigenvalue weighted by Gasteiger charge is 2.24. The molecule has 1 atom stereocenters. The van der Waals surface area contributed by atoms with Gasteiger partial charge in [-0.1, -0.05) is 25.1 Å². The van der Waals surface area contributed by atoms with Crippen LogP contribution in [0.15, 0.2) is 54.7 Å². The van der Waals surface area contributed by atoms with Crippen molar-refractivity contribution in [3.8, 4) is 11.3 Å². The van der Waals surface area contributed by atoms with E-state index in [1.165, 1.54) is 12.1 Å². The van der Waals surface area contributed by atoms with E-state index in [0.717, 1.165) is 43.3 Å². The average Bonchev–Trinajstić information content (AvgIpc) is 3.16. The fourth-order valence-electron chi connectivity index (χ4n) is 4.13. The number of carbonyl (C=O) groups is 1. The third-order valence-electron chi connectivity index (χ3n) is 5.68. The maximum atomic E-state index is 12.9. The van der Waals surface area contributed by atoms with E-state index >= 15 is 0 Å². The van der Waals surface area contributed by atoms with Gasteiger partial charge in [-0.3, -0.25) is 14.9 Å². The first kappa shape index (κ1) is 19.8. The minimum atomic E-state index is -0.417. The summed E-state index contributed by atoms with van der Waals surface area (Å²) in [4.78, 5) is 25.7. The van der Waals surface area contributed by atoms with Crippen molar-refractivity contribution in [3.63, 3.8) is 0 Å². The number of nitro groups is 1. The normalized spacial score (nSPS) is 17.0. The van der Waals surface area contributed by atoms with E-state index < -0.39 is 4.92 Å². The SMILES string of the molecule is CCC1CCCCN1C(=O)C=Cc1c(-c2cccc([N+](=O)[O-])c2)nn2ccccc12. The van der Waals surface area contributed by atoms with Crippen molar-refractivity contribution in [1.82, 2.24) is 14.5 Å². The molecule has 1 saturated heterocycles. The third kappa shape index (κ3) is 3.83. The summed E-state index contributed by atoms with van der Waals surface area (Å²) < 4.78 is 1.73. The Bertz CT molecular complexity index is 1120. The van der Waals surface area contributed by atoms with E-state index in [0.29, 0.717) is 11.3 Å². The number of nitrogens with zero attached hydrogens (tertiary/aromatic N) is 4. The van der Waals surface area contributed by atoms with Crippen LogP contribution in [-0.4, -0.2) is 37.9 Å².